The number of benzene rings is 1. The third-order valence-electron chi connectivity index (χ3n) is 6.35. The van der Waals surface area contributed by atoms with Crippen LogP contribution in [-0.2, 0) is 16.0 Å². The van der Waals surface area contributed by atoms with Gasteiger partial charge in [0.25, 0.3) is 0 Å². The molecule has 0 saturated carbocycles. The molecule has 1 aromatic carbocycles. The Hall–Kier alpha value is -1.84. The van der Waals surface area contributed by atoms with Crippen molar-refractivity contribution in [2.45, 2.75) is 44.9 Å². The zero-order valence-corrected chi connectivity index (χ0v) is 14.5. The van der Waals surface area contributed by atoms with Gasteiger partial charge in [0.05, 0.1) is 5.92 Å². The molecule has 1 aromatic rings. The van der Waals surface area contributed by atoms with E-state index in [0.717, 1.165) is 51.9 Å². The van der Waals surface area contributed by atoms with Gasteiger partial charge in [0.1, 0.15) is 0 Å². The number of aryl methyl sites for hydroxylation is 1. The molecule has 2 amide bonds. The molecule has 0 unspecified atom stereocenters. The Bertz CT molecular complexity index is 661. The highest BCUT2D eigenvalue weighted by atomic mass is 16.2. The summed E-state index contributed by atoms with van der Waals surface area (Å²) in [5.41, 5.74) is 2.69. The average molecular weight is 326 g/mol. The molecule has 1 spiro atoms. The van der Waals surface area contributed by atoms with Gasteiger partial charge >= 0.3 is 0 Å². The second kappa shape index (κ2) is 5.91. The van der Waals surface area contributed by atoms with Gasteiger partial charge < -0.3 is 9.80 Å². The van der Waals surface area contributed by atoms with E-state index in [-0.39, 0.29) is 11.3 Å². The second-order valence-electron chi connectivity index (χ2n) is 7.70. The topological polar surface area (TPSA) is 40.6 Å². The molecule has 1 aliphatic carbocycles. The maximum Gasteiger partial charge on any atom is 0.230 e. The highest BCUT2D eigenvalue weighted by molar-refractivity contribution is 5.85. The zero-order chi connectivity index (χ0) is 16.7. The summed E-state index contributed by atoms with van der Waals surface area (Å²) in [6.07, 6.45) is 4.58. The molecular weight excluding hydrogens is 300 g/mol. The average Bonchev–Trinajstić information content (AvgIpc) is 3.16. The van der Waals surface area contributed by atoms with Crippen molar-refractivity contribution in [2.75, 3.05) is 26.2 Å². The van der Waals surface area contributed by atoms with Crippen LogP contribution < -0.4 is 0 Å². The molecule has 0 aromatic heterocycles. The monoisotopic (exact) mass is 326 g/mol. The molecule has 0 N–H and O–H groups in total. The van der Waals surface area contributed by atoms with Gasteiger partial charge in [-0.1, -0.05) is 24.3 Å². The van der Waals surface area contributed by atoms with E-state index in [9.17, 15) is 9.59 Å². The third-order valence-corrected chi connectivity index (χ3v) is 6.35. The number of fused-ring (bicyclic) bond motifs is 1. The van der Waals surface area contributed by atoms with E-state index in [4.69, 9.17) is 0 Å². The Morgan fingerprint density at radius 3 is 2.71 bits per heavy atom. The molecule has 4 nitrogen and oxygen atoms in total. The van der Waals surface area contributed by atoms with Gasteiger partial charge in [-0.2, -0.15) is 0 Å². The maximum atomic E-state index is 13.0. The quantitative estimate of drug-likeness (QED) is 0.838. The van der Waals surface area contributed by atoms with Crippen LogP contribution in [0.15, 0.2) is 24.3 Å². The van der Waals surface area contributed by atoms with Crippen LogP contribution in [0.2, 0.25) is 0 Å². The minimum absolute atomic E-state index is 0.0487. The molecular formula is C20H26N2O2. The molecule has 3 aliphatic rings. The smallest absolute Gasteiger partial charge is 0.230 e. The van der Waals surface area contributed by atoms with Gasteiger partial charge in [-0.05, 0) is 43.7 Å². The standard InChI is InChI=1S/C20H26N2O2/c1-2-21-14-20(13-18(21)23)9-11-22(12-10-20)19(24)17-8-7-15-5-3-4-6-16(15)17/h3-6,17H,2,7-14H2,1H3/t17-/m0/s1. The summed E-state index contributed by atoms with van der Waals surface area (Å²) in [6, 6.07) is 8.37. The zero-order valence-electron chi connectivity index (χ0n) is 14.5. The number of rotatable bonds is 2. The van der Waals surface area contributed by atoms with E-state index in [1.165, 1.54) is 11.1 Å². The lowest BCUT2D eigenvalue weighted by Gasteiger charge is -2.39. The van der Waals surface area contributed by atoms with Gasteiger partial charge in [-0.15, -0.1) is 0 Å². The fourth-order valence-electron chi connectivity index (χ4n) is 4.84. The number of nitrogens with zero attached hydrogens (tertiary/aromatic N) is 2. The Labute approximate surface area is 143 Å². The normalized spacial score (nSPS) is 25.4. The van der Waals surface area contributed by atoms with Gasteiger partial charge in [0.15, 0.2) is 0 Å². The number of piperidine rings is 1. The van der Waals surface area contributed by atoms with E-state index in [2.05, 4.69) is 23.1 Å². The van der Waals surface area contributed by atoms with Crippen molar-refractivity contribution in [3.63, 3.8) is 0 Å². The van der Waals surface area contributed by atoms with Crippen LogP contribution in [0.25, 0.3) is 0 Å². The number of likely N-dealkylation sites (tertiary alicyclic amines) is 2. The molecule has 1 atom stereocenters. The summed E-state index contributed by atoms with van der Waals surface area (Å²) < 4.78 is 0. The molecule has 2 saturated heterocycles. The predicted molar refractivity (Wildman–Crippen MR) is 92.6 cm³/mol. The minimum Gasteiger partial charge on any atom is -0.342 e. The Kier molecular flexibility index (Phi) is 3.86. The third kappa shape index (κ3) is 2.52. The summed E-state index contributed by atoms with van der Waals surface area (Å²) in [5.74, 6) is 0.640. The first-order valence-corrected chi connectivity index (χ1v) is 9.26. The number of hydrogen-bond donors (Lipinski definition) is 0. The van der Waals surface area contributed by atoms with E-state index in [1.54, 1.807) is 0 Å². The van der Waals surface area contributed by atoms with Crippen molar-refractivity contribution in [3.8, 4) is 0 Å². The van der Waals surface area contributed by atoms with E-state index in [0.29, 0.717) is 18.2 Å². The largest absolute Gasteiger partial charge is 0.342 e. The van der Waals surface area contributed by atoms with Crippen LogP contribution in [0.1, 0.15) is 49.7 Å². The molecule has 0 bridgehead atoms. The Morgan fingerprint density at radius 2 is 2.00 bits per heavy atom. The lowest BCUT2D eigenvalue weighted by molar-refractivity contribution is -0.135. The van der Waals surface area contributed by atoms with Crippen LogP contribution in [0.4, 0.5) is 0 Å². The molecule has 4 heteroatoms. The fraction of sp³-hybridized carbons (Fsp3) is 0.600. The Balaban J connectivity index is 1.42. The van der Waals surface area contributed by atoms with Crippen LogP contribution in [-0.4, -0.2) is 47.8 Å². The van der Waals surface area contributed by atoms with Gasteiger partial charge in [0, 0.05) is 38.0 Å². The lowest BCUT2D eigenvalue weighted by atomic mass is 9.77. The van der Waals surface area contributed by atoms with E-state index < -0.39 is 0 Å². The van der Waals surface area contributed by atoms with Crippen LogP contribution in [0.3, 0.4) is 0 Å². The number of hydrogen-bond acceptors (Lipinski definition) is 2. The minimum atomic E-state index is 0.0487. The summed E-state index contributed by atoms with van der Waals surface area (Å²) in [4.78, 5) is 29.1. The summed E-state index contributed by atoms with van der Waals surface area (Å²) in [5, 5.41) is 0. The van der Waals surface area contributed by atoms with Crippen LogP contribution >= 0.6 is 0 Å². The van der Waals surface area contributed by atoms with Crippen molar-refractivity contribution < 1.29 is 9.59 Å². The summed E-state index contributed by atoms with van der Waals surface area (Å²) >= 11 is 0. The predicted octanol–water partition coefficient (Wildman–Crippen LogP) is 2.58. The summed E-state index contributed by atoms with van der Waals surface area (Å²) in [6.45, 7) is 5.36. The Morgan fingerprint density at radius 1 is 1.25 bits per heavy atom. The second-order valence-corrected chi connectivity index (χ2v) is 7.70. The molecule has 0 radical (unpaired) electrons. The SMILES string of the molecule is CCN1CC2(CCN(C(=O)[C@H]3CCc4ccccc43)CC2)CC1=O. The van der Waals surface area contributed by atoms with Crippen molar-refractivity contribution in [1.82, 2.24) is 9.80 Å². The number of amides is 2. The molecule has 24 heavy (non-hydrogen) atoms. The van der Waals surface area contributed by atoms with Crippen LogP contribution in [0, 0.1) is 5.41 Å². The first-order valence-electron chi connectivity index (χ1n) is 9.26. The van der Waals surface area contributed by atoms with Crippen molar-refractivity contribution in [1.29, 1.82) is 0 Å². The number of carbonyl (C=O) groups excluding carboxylic acids is 2. The fourth-order valence-corrected chi connectivity index (χ4v) is 4.84. The molecule has 128 valence electrons. The van der Waals surface area contributed by atoms with E-state index >= 15 is 0 Å². The highest BCUT2D eigenvalue weighted by Gasteiger charge is 2.45. The van der Waals surface area contributed by atoms with Gasteiger partial charge in [0.2, 0.25) is 11.8 Å². The summed E-state index contributed by atoms with van der Waals surface area (Å²) in [7, 11) is 0. The molecule has 2 fully saturated rings. The number of carbonyl (C=O) groups is 2. The van der Waals surface area contributed by atoms with Gasteiger partial charge in [-0.25, -0.2) is 0 Å². The van der Waals surface area contributed by atoms with E-state index in [1.807, 2.05) is 17.9 Å². The molecule has 2 heterocycles. The van der Waals surface area contributed by atoms with Crippen molar-refractivity contribution >= 4 is 11.8 Å². The van der Waals surface area contributed by atoms with Crippen LogP contribution in [0.5, 0.6) is 0 Å². The molecule has 2 aliphatic heterocycles. The maximum absolute atomic E-state index is 13.0. The lowest BCUT2D eigenvalue weighted by Crippen LogP contribution is -2.45. The van der Waals surface area contributed by atoms with Crippen molar-refractivity contribution in [3.05, 3.63) is 35.4 Å². The van der Waals surface area contributed by atoms with Gasteiger partial charge in [-0.3, -0.25) is 9.59 Å². The van der Waals surface area contributed by atoms with Crippen molar-refractivity contribution in [2.24, 2.45) is 5.41 Å². The molecule has 4 rings (SSSR count). The first kappa shape index (κ1) is 15.7. The highest BCUT2D eigenvalue weighted by Crippen LogP contribution is 2.42. The first-order chi connectivity index (χ1) is 11.6.